The van der Waals surface area contributed by atoms with Gasteiger partial charge in [0.1, 0.15) is 11.4 Å². The summed E-state index contributed by atoms with van der Waals surface area (Å²) in [4.78, 5) is 24.1. The van der Waals surface area contributed by atoms with Gasteiger partial charge in [-0.15, -0.1) is 0 Å². The van der Waals surface area contributed by atoms with Crippen LogP contribution < -0.4 is 15.0 Å². The highest BCUT2D eigenvalue weighted by Gasteiger charge is 2.33. The summed E-state index contributed by atoms with van der Waals surface area (Å²) in [6.45, 7) is 6.87. The van der Waals surface area contributed by atoms with Crippen LogP contribution in [-0.2, 0) is 4.79 Å². The quantitative estimate of drug-likeness (QED) is 0.674. The zero-order valence-corrected chi connectivity index (χ0v) is 12.4. The molecule has 1 aliphatic rings. The molecular formula is C14H19N3O4. The number of hydrogen-bond donors (Lipinski definition) is 1. The number of benzene rings is 1. The molecule has 0 spiro atoms. The van der Waals surface area contributed by atoms with E-state index < -0.39 is 10.5 Å². The second-order valence-corrected chi connectivity index (χ2v) is 5.58. The first-order valence-corrected chi connectivity index (χ1v) is 6.81. The molecule has 114 valence electrons. The number of fused-ring (bicyclic) bond motifs is 1. The maximum Gasteiger partial charge on any atom is 0.271 e. The molecule has 1 aliphatic heterocycles. The molecule has 7 nitrogen and oxygen atoms in total. The summed E-state index contributed by atoms with van der Waals surface area (Å²) in [7, 11) is 0. The van der Waals surface area contributed by atoms with Crippen molar-refractivity contribution in [3.8, 4) is 5.75 Å². The maximum atomic E-state index is 11.8. The predicted molar refractivity (Wildman–Crippen MR) is 78.7 cm³/mol. The van der Waals surface area contributed by atoms with Crippen molar-refractivity contribution in [3.63, 3.8) is 0 Å². The Morgan fingerprint density at radius 3 is 2.86 bits per heavy atom. The van der Waals surface area contributed by atoms with Gasteiger partial charge >= 0.3 is 0 Å². The number of rotatable bonds is 4. The van der Waals surface area contributed by atoms with E-state index in [-0.39, 0.29) is 18.1 Å². The standard InChI is InChI=1S/C14H19N3O4/c1-4-15-13(18)8-16-9-14(2,3)21-12-6-5-10(17(19)20)7-11(12)16/h5-7H,4,8-9H2,1-3H3,(H,15,18). The highest BCUT2D eigenvalue weighted by Crippen LogP contribution is 2.39. The molecule has 0 aromatic heterocycles. The van der Waals surface area contributed by atoms with Gasteiger partial charge in [0, 0.05) is 18.7 Å². The fourth-order valence-electron chi connectivity index (χ4n) is 2.40. The Balaban J connectivity index is 2.35. The molecule has 0 bridgehead atoms. The minimum atomic E-state index is -0.463. The fourth-order valence-corrected chi connectivity index (χ4v) is 2.40. The van der Waals surface area contributed by atoms with E-state index in [0.717, 1.165) is 0 Å². The van der Waals surface area contributed by atoms with Gasteiger partial charge in [0.2, 0.25) is 5.91 Å². The van der Waals surface area contributed by atoms with Crippen molar-refractivity contribution in [2.45, 2.75) is 26.4 Å². The molecular weight excluding hydrogens is 274 g/mol. The second kappa shape index (κ2) is 5.59. The topological polar surface area (TPSA) is 84.7 Å². The van der Waals surface area contributed by atoms with Gasteiger partial charge in [-0.2, -0.15) is 0 Å². The molecule has 0 saturated heterocycles. The van der Waals surface area contributed by atoms with E-state index in [4.69, 9.17) is 4.74 Å². The molecule has 21 heavy (non-hydrogen) atoms. The monoisotopic (exact) mass is 293 g/mol. The number of likely N-dealkylation sites (N-methyl/N-ethyl adjacent to an activating group) is 1. The largest absolute Gasteiger partial charge is 0.484 e. The summed E-state index contributed by atoms with van der Waals surface area (Å²) in [5.74, 6) is 0.439. The van der Waals surface area contributed by atoms with Crippen LogP contribution in [0.2, 0.25) is 0 Å². The molecule has 0 atom stereocenters. The fraction of sp³-hybridized carbons (Fsp3) is 0.500. The van der Waals surface area contributed by atoms with Gasteiger partial charge in [-0.1, -0.05) is 0 Å². The third kappa shape index (κ3) is 3.42. The molecule has 1 aromatic rings. The lowest BCUT2D eigenvalue weighted by Crippen LogP contribution is -2.50. The first-order valence-electron chi connectivity index (χ1n) is 6.81. The number of anilines is 1. The molecule has 0 fully saturated rings. The molecule has 1 amide bonds. The van der Waals surface area contributed by atoms with Crippen LogP contribution in [0.1, 0.15) is 20.8 Å². The van der Waals surface area contributed by atoms with Crippen LogP contribution >= 0.6 is 0 Å². The minimum Gasteiger partial charge on any atom is -0.484 e. The summed E-state index contributed by atoms with van der Waals surface area (Å²) >= 11 is 0. The zero-order chi connectivity index (χ0) is 15.6. The van der Waals surface area contributed by atoms with Crippen LogP contribution in [-0.4, -0.2) is 36.1 Å². The lowest BCUT2D eigenvalue weighted by molar-refractivity contribution is -0.384. The van der Waals surface area contributed by atoms with Crippen LogP contribution in [0.15, 0.2) is 18.2 Å². The number of nitrogens with zero attached hydrogens (tertiary/aromatic N) is 2. The summed E-state index contributed by atoms with van der Waals surface area (Å²) < 4.78 is 5.83. The Hall–Kier alpha value is -2.31. The van der Waals surface area contributed by atoms with E-state index in [2.05, 4.69) is 5.32 Å². The molecule has 1 N–H and O–H groups in total. The molecule has 0 saturated carbocycles. The Labute approximate surface area is 123 Å². The van der Waals surface area contributed by atoms with Crippen LogP contribution in [0.4, 0.5) is 11.4 Å². The van der Waals surface area contributed by atoms with E-state index in [1.165, 1.54) is 12.1 Å². The smallest absolute Gasteiger partial charge is 0.271 e. The second-order valence-electron chi connectivity index (χ2n) is 5.58. The van der Waals surface area contributed by atoms with Gasteiger partial charge in [0.25, 0.3) is 5.69 Å². The van der Waals surface area contributed by atoms with Gasteiger partial charge in [0.05, 0.1) is 23.7 Å². The Bertz CT molecular complexity index is 571. The first-order chi connectivity index (χ1) is 9.82. The van der Waals surface area contributed by atoms with Crippen molar-refractivity contribution in [1.29, 1.82) is 0 Å². The van der Waals surface area contributed by atoms with Crippen LogP contribution in [0.25, 0.3) is 0 Å². The normalized spacial score (nSPS) is 15.9. The first kappa shape index (κ1) is 15.1. The number of carbonyl (C=O) groups excluding carboxylic acids is 1. The Morgan fingerprint density at radius 2 is 2.24 bits per heavy atom. The summed E-state index contributed by atoms with van der Waals surface area (Å²) in [6, 6.07) is 4.44. The lowest BCUT2D eigenvalue weighted by Gasteiger charge is -2.40. The maximum absolute atomic E-state index is 11.8. The van der Waals surface area contributed by atoms with Crippen LogP contribution in [0.5, 0.6) is 5.75 Å². The number of hydrogen-bond acceptors (Lipinski definition) is 5. The number of ether oxygens (including phenoxy) is 1. The third-order valence-corrected chi connectivity index (χ3v) is 3.16. The van der Waals surface area contributed by atoms with E-state index >= 15 is 0 Å². The SMILES string of the molecule is CCNC(=O)CN1CC(C)(C)Oc2ccc([N+](=O)[O-])cc21. The van der Waals surface area contributed by atoms with Crippen LogP contribution in [0, 0.1) is 10.1 Å². The van der Waals surface area contributed by atoms with Crippen molar-refractivity contribution >= 4 is 17.3 Å². The van der Waals surface area contributed by atoms with E-state index in [9.17, 15) is 14.9 Å². The molecule has 0 radical (unpaired) electrons. The summed E-state index contributed by atoms with van der Waals surface area (Å²) in [6.07, 6.45) is 0. The highest BCUT2D eigenvalue weighted by molar-refractivity contribution is 5.82. The minimum absolute atomic E-state index is 0.0158. The third-order valence-electron chi connectivity index (χ3n) is 3.16. The number of amides is 1. The van der Waals surface area contributed by atoms with Gasteiger partial charge in [-0.3, -0.25) is 14.9 Å². The molecule has 1 aromatic carbocycles. The molecule has 7 heteroatoms. The van der Waals surface area contributed by atoms with Crippen molar-refractivity contribution in [1.82, 2.24) is 5.32 Å². The highest BCUT2D eigenvalue weighted by atomic mass is 16.6. The van der Waals surface area contributed by atoms with Crippen molar-refractivity contribution in [2.24, 2.45) is 0 Å². The number of carbonyl (C=O) groups is 1. The molecule has 1 heterocycles. The van der Waals surface area contributed by atoms with Gasteiger partial charge in [0.15, 0.2) is 0 Å². The van der Waals surface area contributed by atoms with Crippen molar-refractivity contribution < 1.29 is 14.5 Å². The number of non-ortho nitro benzene ring substituents is 1. The van der Waals surface area contributed by atoms with Gasteiger partial charge in [-0.05, 0) is 26.8 Å². The van der Waals surface area contributed by atoms with E-state index in [1.54, 1.807) is 6.07 Å². The summed E-state index contributed by atoms with van der Waals surface area (Å²) in [5, 5.41) is 13.6. The number of nitrogens with one attached hydrogen (secondary N) is 1. The van der Waals surface area contributed by atoms with Gasteiger partial charge in [-0.25, -0.2) is 0 Å². The summed E-state index contributed by atoms with van der Waals surface area (Å²) in [5.41, 5.74) is 0.100. The molecule has 0 unspecified atom stereocenters. The lowest BCUT2D eigenvalue weighted by atomic mass is 10.0. The van der Waals surface area contributed by atoms with E-state index in [0.29, 0.717) is 24.5 Å². The number of nitro groups is 1. The van der Waals surface area contributed by atoms with Crippen molar-refractivity contribution in [3.05, 3.63) is 28.3 Å². The Morgan fingerprint density at radius 1 is 1.52 bits per heavy atom. The number of nitro benzene ring substituents is 1. The van der Waals surface area contributed by atoms with Crippen LogP contribution in [0.3, 0.4) is 0 Å². The Kier molecular flexibility index (Phi) is 4.02. The average Bonchev–Trinajstić information content (AvgIpc) is 2.37. The molecule has 0 aliphatic carbocycles. The van der Waals surface area contributed by atoms with Gasteiger partial charge < -0.3 is 15.0 Å². The van der Waals surface area contributed by atoms with E-state index in [1.807, 2.05) is 25.7 Å². The zero-order valence-electron chi connectivity index (χ0n) is 12.4. The molecule has 2 rings (SSSR count). The van der Waals surface area contributed by atoms with Crippen molar-refractivity contribution in [2.75, 3.05) is 24.5 Å². The average molecular weight is 293 g/mol. The predicted octanol–water partition coefficient (Wildman–Crippen LogP) is 1.71.